The zero-order valence-electron chi connectivity index (χ0n) is 20.0. The van der Waals surface area contributed by atoms with Gasteiger partial charge >= 0.3 is 0 Å². The molecule has 3 aromatic carbocycles. The predicted octanol–water partition coefficient (Wildman–Crippen LogP) is 6.06. The minimum absolute atomic E-state index is 0.402. The van der Waals surface area contributed by atoms with E-state index in [9.17, 15) is 0 Å². The number of nitrogens with one attached hydrogen (secondary N) is 1. The van der Waals surface area contributed by atoms with Crippen LogP contribution in [0.15, 0.2) is 71.3 Å². The van der Waals surface area contributed by atoms with Crippen molar-refractivity contribution in [1.82, 2.24) is 24.7 Å². The first kappa shape index (κ1) is 21.9. The molecule has 0 saturated carbocycles. The Kier molecular flexibility index (Phi) is 5.35. The summed E-state index contributed by atoms with van der Waals surface area (Å²) in [7, 11) is -0.609. The van der Waals surface area contributed by atoms with Gasteiger partial charge in [-0.3, -0.25) is 9.67 Å². The van der Waals surface area contributed by atoms with E-state index in [1.165, 1.54) is 0 Å². The Hall–Kier alpha value is -3.62. The van der Waals surface area contributed by atoms with Crippen LogP contribution in [0, 0.1) is 0 Å². The largest absolute Gasteiger partial charge is 0.434 e. The molecule has 3 heterocycles. The number of rotatable bonds is 7. The first-order chi connectivity index (χ1) is 16.9. The molecule has 0 aliphatic heterocycles. The first-order valence-electron chi connectivity index (χ1n) is 11.5. The van der Waals surface area contributed by atoms with Crippen LogP contribution in [0.5, 0.6) is 0 Å². The minimum atomic E-state index is -0.609. The Morgan fingerprint density at radius 3 is 2.66 bits per heavy atom. The Balaban J connectivity index is 1.36. The molecule has 0 unspecified atom stereocenters. The number of imidazole rings is 1. The van der Waals surface area contributed by atoms with Crippen LogP contribution in [0.3, 0.4) is 0 Å². The third-order valence-electron chi connectivity index (χ3n) is 6.07. The van der Waals surface area contributed by atoms with E-state index < -0.39 is 10.0 Å². The van der Waals surface area contributed by atoms with E-state index in [4.69, 9.17) is 19.1 Å². The summed E-state index contributed by atoms with van der Waals surface area (Å²) in [6, 6.07) is 20.4. The maximum Gasteiger partial charge on any atom is 0.264 e. The van der Waals surface area contributed by atoms with Crippen molar-refractivity contribution in [2.45, 2.75) is 6.73 Å². The number of para-hydroxylation sites is 2. The number of H-pyrrole nitrogens is 1. The summed E-state index contributed by atoms with van der Waals surface area (Å²) in [6.07, 6.45) is 8.72. The molecule has 0 bridgehead atoms. The van der Waals surface area contributed by atoms with E-state index in [0.29, 0.717) is 25.1 Å². The topological polar surface area (TPSA) is 81.8 Å². The van der Waals surface area contributed by atoms with Gasteiger partial charge in [-0.25, -0.2) is 20.0 Å². The molecule has 1 N–H and O–H groups in total. The molecule has 0 saturated heterocycles. The second-order valence-electron chi connectivity index (χ2n) is 9.56. The van der Waals surface area contributed by atoms with E-state index in [-0.39, 0.29) is 0 Å². The third-order valence-corrected chi connectivity index (χ3v) is 7.46. The standard InChI is InChI=1S/C27H27N5O2S/c1-35(2,3)13-12-33-17-32-24-7-5-4-6-21(24)29-26(32)27-30-22-11-10-19(15-25(22)34-27)18-8-9-20-16-28-31-23(20)14-18/h4-11,14-16H,12-13,17H2,1-3H3,(H,28,31). The summed E-state index contributed by atoms with van der Waals surface area (Å²) in [5.41, 5.74) is 6.55. The first-order valence-corrected chi connectivity index (χ1v) is 14.5. The monoisotopic (exact) mass is 485 g/mol. The molecule has 0 spiro atoms. The van der Waals surface area contributed by atoms with Gasteiger partial charge in [-0.15, -0.1) is 0 Å². The van der Waals surface area contributed by atoms with Crippen LogP contribution in [0.25, 0.3) is 55.9 Å². The number of fused-ring (bicyclic) bond motifs is 3. The molecule has 7 nitrogen and oxygen atoms in total. The molecule has 178 valence electrons. The lowest BCUT2D eigenvalue weighted by Crippen LogP contribution is -2.10. The van der Waals surface area contributed by atoms with E-state index in [1.54, 1.807) is 0 Å². The van der Waals surface area contributed by atoms with Gasteiger partial charge in [0, 0.05) is 11.1 Å². The Morgan fingerprint density at radius 2 is 1.77 bits per heavy atom. The van der Waals surface area contributed by atoms with Crippen molar-refractivity contribution in [3.63, 3.8) is 0 Å². The van der Waals surface area contributed by atoms with Crippen LogP contribution in [-0.2, 0) is 11.5 Å². The average molecular weight is 486 g/mol. The lowest BCUT2D eigenvalue weighted by atomic mass is 10.0. The van der Waals surface area contributed by atoms with Gasteiger partial charge in [0.25, 0.3) is 5.89 Å². The fourth-order valence-electron chi connectivity index (χ4n) is 4.15. The van der Waals surface area contributed by atoms with E-state index in [1.807, 2.05) is 41.1 Å². The van der Waals surface area contributed by atoms with Crippen molar-refractivity contribution < 1.29 is 9.15 Å². The van der Waals surface area contributed by atoms with E-state index in [0.717, 1.165) is 49.9 Å². The number of hydrogen-bond donors (Lipinski definition) is 1. The van der Waals surface area contributed by atoms with Crippen LogP contribution in [0.1, 0.15) is 0 Å². The highest BCUT2D eigenvalue weighted by atomic mass is 32.3. The molecule has 0 amide bonds. The second kappa shape index (κ2) is 8.55. The summed E-state index contributed by atoms with van der Waals surface area (Å²) >= 11 is 0. The lowest BCUT2D eigenvalue weighted by molar-refractivity contribution is 0.0931. The van der Waals surface area contributed by atoms with Gasteiger partial charge < -0.3 is 9.15 Å². The summed E-state index contributed by atoms with van der Waals surface area (Å²) in [6.45, 7) is 1.11. The van der Waals surface area contributed by atoms with Gasteiger partial charge in [0.15, 0.2) is 11.4 Å². The van der Waals surface area contributed by atoms with Crippen LogP contribution in [0.4, 0.5) is 0 Å². The van der Waals surface area contributed by atoms with Crippen LogP contribution in [0.2, 0.25) is 0 Å². The Bertz CT molecular complexity index is 1660. The van der Waals surface area contributed by atoms with Crippen LogP contribution < -0.4 is 0 Å². The van der Waals surface area contributed by atoms with Crippen molar-refractivity contribution >= 4 is 43.1 Å². The molecule has 0 atom stereocenters. The van der Waals surface area contributed by atoms with Gasteiger partial charge in [0.2, 0.25) is 0 Å². The van der Waals surface area contributed by atoms with Gasteiger partial charge in [0.05, 0.1) is 29.4 Å². The number of aromatic nitrogens is 5. The van der Waals surface area contributed by atoms with Crippen LogP contribution in [-0.4, -0.2) is 55.9 Å². The number of oxazole rings is 1. The third kappa shape index (κ3) is 4.31. The summed E-state index contributed by atoms with van der Waals surface area (Å²) in [5, 5.41) is 8.23. The van der Waals surface area contributed by atoms with Gasteiger partial charge in [0.1, 0.15) is 12.2 Å². The van der Waals surface area contributed by atoms with Gasteiger partial charge in [-0.05, 0) is 60.2 Å². The van der Waals surface area contributed by atoms with Crippen molar-refractivity contribution in [2.75, 3.05) is 31.1 Å². The number of benzene rings is 3. The molecule has 0 fully saturated rings. The second-order valence-corrected chi connectivity index (χ2v) is 14.1. The van der Waals surface area contributed by atoms with Crippen molar-refractivity contribution in [2.24, 2.45) is 0 Å². The summed E-state index contributed by atoms with van der Waals surface area (Å²) in [4.78, 5) is 9.60. The maximum atomic E-state index is 6.25. The highest BCUT2D eigenvalue weighted by Gasteiger charge is 2.19. The molecular formula is C27H27N5O2S. The number of nitrogens with zero attached hydrogens (tertiary/aromatic N) is 4. The fraction of sp³-hybridized carbons (Fsp3) is 0.222. The number of hydrogen-bond acceptors (Lipinski definition) is 5. The van der Waals surface area contributed by atoms with Gasteiger partial charge in [-0.1, -0.05) is 30.3 Å². The normalized spacial score (nSPS) is 12.8. The Morgan fingerprint density at radius 1 is 0.943 bits per heavy atom. The van der Waals surface area contributed by atoms with Crippen molar-refractivity contribution in [3.8, 4) is 22.8 Å². The highest BCUT2D eigenvalue weighted by molar-refractivity contribution is 8.32. The van der Waals surface area contributed by atoms with E-state index in [2.05, 4.69) is 59.3 Å². The van der Waals surface area contributed by atoms with E-state index >= 15 is 0 Å². The molecular weight excluding hydrogens is 458 g/mol. The smallest absolute Gasteiger partial charge is 0.264 e. The maximum absolute atomic E-state index is 6.25. The molecule has 6 aromatic rings. The molecule has 3 aromatic heterocycles. The van der Waals surface area contributed by atoms with Crippen molar-refractivity contribution in [1.29, 1.82) is 0 Å². The molecule has 8 heteroatoms. The number of ether oxygens (including phenoxy) is 1. The number of aromatic amines is 1. The molecule has 0 aliphatic carbocycles. The quantitative estimate of drug-likeness (QED) is 0.278. The zero-order chi connectivity index (χ0) is 24.0. The Labute approximate surface area is 204 Å². The molecule has 6 rings (SSSR count). The highest BCUT2D eigenvalue weighted by Crippen LogP contribution is 2.34. The fourth-order valence-corrected chi connectivity index (χ4v) is 4.77. The van der Waals surface area contributed by atoms with Crippen LogP contribution >= 0.6 is 10.0 Å². The lowest BCUT2D eigenvalue weighted by Gasteiger charge is -2.24. The summed E-state index contributed by atoms with van der Waals surface area (Å²) < 4.78 is 14.4. The molecule has 35 heavy (non-hydrogen) atoms. The van der Waals surface area contributed by atoms with Crippen molar-refractivity contribution in [3.05, 3.63) is 66.9 Å². The van der Waals surface area contributed by atoms with Gasteiger partial charge in [-0.2, -0.15) is 5.10 Å². The SMILES string of the molecule is CS(C)(C)CCOCn1c(-c2nc3ccc(-c4ccc5cn[nH]c5c4)cc3o2)nc2ccccc21. The predicted molar refractivity (Wildman–Crippen MR) is 144 cm³/mol. The average Bonchev–Trinajstić information content (AvgIpc) is 3.56. The zero-order valence-corrected chi connectivity index (χ0v) is 20.8. The molecule has 0 radical (unpaired) electrons. The molecule has 0 aliphatic rings. The minimum Gasteiger partial charge on any atom is -0.434 e. The summed E-state index contributed by atoms with van der Waals surface area (Å²) in [5.74, 6) is 2.22.